The van der Waals surface area contributed by atoms with E-state index in [1.54, 1.807) is 16.7 Å². The maximum atomic E-state index is 11.5. The lowest BCUT2D eigenvalue weighted by Crippen LogP contribution is -2.14. The number of hydrogen-bond donors (Lipinski definition) is 0. The van der Waals surface area contributed by atoms with Gasteiger partial charge >= 0.3 is 0 Å². The van der Waals surface area contributed by atoms with E-state index in [9.17, 15) is 4.79 Å². The summed E-state index contributed by atoms with van der Waals surface area (Å²) in [6.07, 6.45) is 2.74. The van der Waals surface area contributed by atoms with Crippen molar-refractivity contribution >= 4 is 5.65 Å². The highest BCUT2D eigenvalue weighted by atomic mass is 16.1. The van der Waals surface area contributed by atoms with Crippen LogP contribution in [0.1, 0.15) is 18.2 Å². The summed E-state index contributed by atoms with van der Waals surface area (Å²) in [6, 6.07) is 5.44. The van der Waals surface area contributed by atoms with Crippen molar-refractivity contribution in [1.82, 2.24) is 9.38 Å². The van der Waals surface area contributed by atoms with Gasteiger partial charge in [0.25, 0.3) is 5.56 Å². The van der Waals surface area contributed by atoms with Gasteiger partial charge in [-0.15, -0.1) is 0 Å². The van der Waals surface area contributed by atoms with Crippen LogP contribution in [0.3, 0.4) is 0 Å². The fourth-order valence-electron chi connectivity index (χ4n) is 1.48. The fourth-order valence-corrected chi connectivity index (χ4v) is 1.48. The van der Waals surface area contributed by atoms with Crippen molar-refractivity contribution in [2.75, 3.05) is 0 Å². The van der Waals surface area contributed by atoms with Gasteiger partial charge in [-0.3, -0.25) is 9.20 Å². The standard InChI is InChI=1S/C11H12N2O/c1-3-9-4-5-13-10(7-9)12-8(2)6-11(13)14/h4-7H,3H2,1-2H3. The van der Waals surface area contributed by atoms with Crippen LogP contribution in [0.2, 0.25) is 0 Å². The van der Waals surface area contributed by atoms with Crippen LogP contribution in [0, 0.1) is 6.92 Å². The summed E-state index contributed by atoms with van der Waals surface area (Å²) in [4.78, 5) is 15.8. The van der Waals surface area contributed by atoms with E-state index in [1.807, 2.05) is 19.1 Å². The summed E-state index contributed by atoms with van der Waals surface area (Å²) < 4.78 is 1.56. The topological polar surface area (TPSA) is 34.4 Å². The first-order valence-electron chi connectivity index (χ1n) is 4.69. The Morgan fingerprint density at radius 2 is 2.21 bits per heavy atom. The van der Waals surface area contributed by atoms with Crippen molar-refractivity contribution in [3.63, 3.8) is 0 Å². The molecule has 0 aliphatic rings. The Hall–Kier alpha value is -1.64. The molecule has 0 aliphatic carbocycles. The Kier molecular flexibility index (Phi) is 2.08. The van der Waals surface area contributed by atoms with Gasteiger partial charge < -0.3 is 0 Å². The zero-order chi connectivity index (χ0) is 10.1. The first-order chi connectivity index (χ1) is 6.70. The molecule has 0 fully saturated rings. The number of aromatic nitrogens is 2. The molecule has 0 aliphatic heterocycles. The molecule has 0 atom stereocenters. The van der Waals surface area contributed by atoms with Crippen molar-refractivity contribution in [3.05, 3.63) is 46.0 Å². The molecule has 0 N–H and O–H groups in total. The Labute approximate surface area is 82.0 Å². The number of rotatable bonds is 1. The summed E-state index contributed by atoms with van der Waals surface area (Å²) >= 11 is 0. The van der Waals surface area contributed by atoms with Crippen molar-refractivity contribution in [2.24, 2.45) is 0 Å². The number of nitrogens with zero attached hydrogens (tertiary/aromatic N) is 2. The van der Waals surface area contributed by atoms with Crippen LogP contribution >= 0.6 is 0 Å². The van der Waals surface area contributed by atoms with Crippen LogP contribution in [0.25, 0.3) is 5.65 Å². The van der Waals surface area contributed by atoms with E-state index in [1.165, 1.54) is 5.56 Å². The van der Waals surface area contributed by atoms with Crippen LogP contribution in [-0.4, -0.2) is 9.38 Å². The first kappa shape index (κ1) is 8.94. The second kappa shape index (κ2) is 3.25. The highest BCUT2D eigenvalue weighted by Crippen LogP contribution is 2.04. The number of fused-ring (bicyclic) bond motifs is 1. The minimum Gasteiger partial charge on any atom is -0.269 e. The Morgan fingerprint density at radius 1 is 1.43 bits per heavy atom. The van der Waals surface area contributed by atoms with Gasteiger partial charge in [0.05, 0.1) is 0 Å². The van der Waals surface area contributed by atoms with Gasteiger partial charge in [0, 0.05) is 18.0 Å². The molecule has 3 heteroatoms. The third-order valence-electron chi connectivity index (χ3n) is 2.27. The molecule has 0 saturated carbocycles. The molecule has 0 bridgehead atoms. The van der Waals surface area contributed by atoms with Crippen molar-refractivity contribution in [3.8, 4) is 0 Å². The summed E-state index contributed by atoms with van der Waals surface area (Å²) in [5.41, 5.74) is 2.68. The molecule has 0 amide bonds. The lowest BCUT2D eigenvalue weighted by atomic mass is 10.2. The molecular weight excluding hydrogens is 176 g/mol. The minimum absolute atomic E-state index is 0.0184. The second-order valence-electron chi connectivity index (χ2n) is 3.35. The Morgan fingerprint density at radius 3 is 2.93 bits per heavy atom. The van der Waals surface area contributed by atoms with Crippen molar-refractivity contribution in [2.45, 2.75) is 20.3 Å². The van der Waals surface area contributed by atoms with Gasteiger partial charge in [0.15, 0.2) is 0 Å². The van der Waals surface area contributed by atoms with E-state index in [4.69, 9.17) is 0 Å². The molecule has 3 nitrogen and oxygen atoms in total. The minimum atomic E-state index is -0.0184. The molecule has 2 heterocycles. The van der Waals surface area contributed by atoms with E-state index in [0.29, 0.717) is 0 Å². The third-order valence-corrected chi connectivity index (χ3v) is 2.27. The molecule has 0 radical (unpaired) electrons. The number of aryl methyl sites for hydroxylation is 2. The van der Waals surface area contributed by atoms with Crippen LogP contribution in [0.5, 0.6) is 0 Å². The van der Waals surface area contributed by atoms with E-state index in [0.717, 1.165) is 17.8 Å². The molecule has 2 rings (SSSR count). The molecule has 72 valence electrons. The van der Waals surface area contributed by atoms with Crippen LogP contribution in [0.4, 0.5) is 0 Å². The molecule has 0 saturated heterocycles. The van der Waals surface area contributed by atoms with Gasteiger partial charge in [-0.1, -0.05) is 6.92 Å². The van der Waals surface area contributed by atoms with Crippen molar-refractivity contribution < 1.29 is 0 Å². The van der Waals surface area contributed by atoms with E-state index < -0.39 is 0 Å². The zero-order valence-corrected chi connectivity index (χ0v) is 8.32. The summed E-state index contributed by atoms with van der Waals surface area (Å²) in [5, 5.41) is 0. The van der Waals surface area contributed by atoms with Crippen LogP contribution in [-0.2, 0) is 6.42 Å². The van der Waals surface area contributed by atoms with E-state index in [2.05, 4.69) is 11.9 Å². The maximum absolute atomic E-state index is 11.5. The summed E-state index contributed by atoms with van der Waals surface area (Å²) in [7, 11) is 0. The predicted molar refractivity (Wildman–Crippen MR) is 55.6 cm³/mol. The Bertz CT molecular complexity index is 528. The largest absolute Gasteiger partial charge is 0.269 e. The second-order valence-corrected chi connectivity index (χ2v) is 3.35. The number of hydrogen-bond acceptors (Lipinski definition) is 2. The molecule has 0 spiro atoms. The average Bonchev–Trinajstić information content (AvgIpc) is 2.16. The van der Waals surface area contributed by atoms with Crippen molar-refractivity contribution in [1.29, 1.82) is 0 Å². The quantitative estimate of drug-likeness (QED) is 0.680. The monoisotopic (exact) mass is 188 g/mol. The summed E-state index contributed by atoms with van der Waals surface area (Å²) in [6.45, 7) is 3.92. The van der Waals surface area contributed by atoms with E-state index >= 15 is 0 Å². The fraction of sp³-hybridized carbons (Fsp3) is 0.273. The van der Waals surface area contributed by atoms with Gasteiger partial charge in [-0.2, -0.15) is 0 Å². The van der Waals surface area contributed by atoms with Gasteiger partial charge in [0.2, 0.25) is 0 Å². The third kappa shape index (κ3) is 1.41. The SMILES string of the molecule is CCc1ccn2c(=O)cc(C)nc2c1. The highest BCUT2D eigenvalue weighted by molar-refractivity contribution is 5.41. The summed E-state index contributed by atoms with van der Waals surface area (Å²) in [5.74, 6) is 0. The molecule has 2 aromatic heterocycles. The van der Waals surface area contributed by atoms with Gasteiger partial charge in [-0.25, -0.2) is 4.98 Å². The van der Waals surface area contributed by atoms with E-state index in [-0.39, 0.29) is 5.56 Å². The van der Waals surface area contributed by atoms with Crippen LogP contribution in [0.15, 0.2) is 29.2 Å². The smallest absolute Gasteiger partial charge is 0.258 e. The molecule has 2 aromatic rings. The Balaban J connectivity index is 2.82. The zero-order valence-electron chi connectivity index (χ0n) is 8.32. The normalized spacial score (nSPS) is 10.7. The maximum Gasteiger partial charge on any atom is 0.258 e. The lowest BCUT2D eigenvalue weighted by molar-refractivity contribution is 0.999. The molecule has 0 unspecified atom stereocenters. The highest BCUT2D eigenvalue weighted by Gasteiger charge is 1.99. The van der Waals surface area contributed by atoms with Crippen LogP contribution < -0.4 is 5.56 Å². The average molecular weight is 188 g/mol. The van der Waals surface area contributed by atoms with Gasteiger partial charge in [-0.05, 0) is 31.0 Å². The lowest BCUT2D eigenvalue weighted by Gasteiger charge is -2.02. The van der Waals surface area contributed by atoms with Gasteiger partial charge in [0.1, 0.15) is 5.65 Å². The molecular formula is C11H12N2O. The molecule has 14 heavy (non-hydrogen) atoms. The predicted octanol–water partition coefficient (Wildman–Crippen LogP) is 1.57. The number of pyridine rings is 1. The first-order valence-corrected chi connectivity index (χ1v) is 4.69. The molecule has 0 aromatic carbocycles.